The molecule has 0 saturated carbocycles. The number of hydrogen-bond acceptors (Lipinski definition) is 7. The highest BCUT2D eigenvalue weighted by atomic mass is 32.2. The van der Waals surface area contributed by atoms with E-state index in [9.17, 15) is 13.2 Å². The van der Waals surface area contributed by atoms with E-state index >= 15 is 0 Å². The van der Waals surface area contributed by atoms with Crippen molar-refractivity contribution in [3.63, 3.8) is 0 Å². The Kier molecular flexibility index (Phi) is 6.17. The van der Waals surface area contributed by atoms with Gasteiger partial charge in [0.15, 0.2) is 28.8 Å². The highest BCUT2D eigenvalue weighted by Gasteiger charge is 2.22. The molecule has 0 atom stereocenters. The molecule has 27 heavy (non-hydrogen) atoms. The first-order chi connectivity index (χ1) is 12.8. The monoisotopic (exact) mass is 395 g/mol. The van der Waals surface area contributed by atoms with Crippen LogP contribution in [0.2, 0.25) is 0 Å². The summed E-state index contributed by atoms with van der Waals surface area (Å²) in [7, 11) is 1.69. The molecule has 0 spiro atoms. The molecule has 1 N–H and O–H groups in total. The third-order valence-electron chi connectivity index (χ3n) is 3.81. The lowest BCUT2D eigenvalue weighted by Crippen LogP contribution is -2.15. The number of hydrogen-bond donors (Lipinski definition) is 1. The van der Waals surface area contributed by atoms with Crippen molar-refractivity contribution in [2.75, 3.05) is 33.2 Å². The number of carbonyl (C=O) groups excluding carboxylic acids is 1. The number of sulfonamides is 1. The van der Waals surface area contributed by atoms with Crippen LogP contribution in [0.15, 0.2) is 35.2 Å². The summed E-state index contributed by atoms with van der Waals surface area (Å²) in [6, 6.07) is 7.00. The van der Waals surface area contributed by atoms with Gasteiger partial charge in [-0.1, -0.05) is 0 Å². The maximum absolute atomic E-state index is 12.8. The average molecular weight is 395 g/mol. The van der Waals surface area contributed by atoms with Crippen molar-refractivity contribution in [1.82, 2.24) is 0 Å². The van der Waals surface area contributed by atoms with Crippen LogP contribution in [0.5, 0.6) is 23.0 Å². The van der Waals surface area contributed by atoms with Crippen molar-refractivity contribution in [3.8, 4) is 23.0 Å². The molecule has 9 heteroatoms. The Bertz CT molecular complexity index is 954. The number of nitrogens with one attached hydrogen (secondary N) is 1. The first-order valence-electron chi connectivity index (χ1n) is 7.79. The van der Waals surface area contributed by atoms with Gasteiger partial charge in [-0.05, 0) is 25.1 Å². The Labute approximate surface area is 158 Å². The number of carbonyl (C=O) groups is 1. The third-order valence-corrected chi connectivity index (χ3v) is 5.18. The van der Waals surface area contributed by atoms with Gasteiger partial charge in [0.25, 0.3) is 10.0 Å². The molecule has 0 fully saturated rings. The fraction of sp³-hybridized carbons (Fsp3) is 0.278. The molecule has 0 heterocycles. The Morgan fingerprint density at radius 1 is 0.815 bits per heavy atom. The smallest absolute Gasteiger partial charge is 0.262 e. The van der Waals surface area contributed by atoms with Crippen LogP contribution in [0.1, 0.15) is 17.3 Å². The fourth-order valence-electron chi connectivity index (χ4n) is 2.44. The van der Waals surface area contributed by atoms with Crippen LogP contribution in [0.25, 0.3) is 0 Å². The first kappa shape index (κ1) is 20.4. The van der Waals surface area contributed by atoms with E-state index in [1.165, 1.54) is 65.7 Å². The Balaban J connectivity index is 2.53. The summed E-state index contributed by atoms with van der Waals surface area (Å²) in [6.45, 7) is 1.33. The number of ketones is 1. The van der Waals surface area contributed by atoms with Gasteiger partial charge in [0.2, 0.25) is 0 Å². The topological polar surface area (TPSA) is 100 Å². The summed E-state index contributed by atoms with van der Waals surface area (Å²) >= 11 is 0. The van der Waals surface area contributed by atoms with E-state index in [-0.39, 0.29) is 33.4 Å². The SMILES string of the molecule is COc1ccc(S(=O)(=O)Nc2cc(OC)c(OC)cc2C(C)=O)cc1OC. The van der Waals surface area contributed by atoms with Gasteiger partial charge >= 0.3 is 0 Å². The highest BCUT2D eigenvalue weighted by molar-refractivity contribution is 7.92. The maximum atomic E-state index is 12.8. The zero-order chi connectivity index (χ0) is 20.2. The molecule has 146 valence electrons. The summed E-state index contributed by atoms with van der Waals surface area (Å²) < 4.78 is 48.6. The minimum atomic E-state index is -4.01. The quantitative estimate of drug-likeness (QED) is 0.686. The average Bonchev–Trinajstić information content (AvgIpc) is 2.66. The van der Waals surface area contributed by atoms with Gasteiger partial charge in [0, 0.05) is 17.7 Å². The minimum absolute atomic E-state index is 0.0514. The van der Waals surface area contributed by atoms with Crippen LogP contribution in [-0.4, -0.2) is 42.6 Å². The van der Waals surface area contributed by atoms with Gasteiger partial charge in [-0.15, -0.1) is 0 Å². The summed E-state index contributed by atoms with van der Waals surface area (Å²) in [5, 5.41) is 0. The molecule has 0 radical (unpaired) electrons. The van der Waals surface area contributed by atoms with E-state index in [4.69, 9.17) is 18.9 Å². The van der Waals surface area contributed by atoms with Crippen molar-refractivity contribution >= 4 is 21.5 Å². The predicted octanol–water partition coefficient (Wildman–Crippen LogP) is 2.72. The van der Waals surface area contributed by atoms with Gasteiger partial charge in [0.1, 0.15) is 0 Å². The van der Waals surface area contributed by atoms with Crippen LogP contribution in [0.3, 0.4) is 0 Å². The summed E-state index contributed by atoms with van der Waals surface area (Å²) in [5.41, 5.74) is 0.228. The van der Waals surface area contributed by atoms with E-state index < -0.39 is 10.0 Å². The van der Waals surface area contributed by atoms with Gasteiger partial charge in [0.05, 0.1) is 39.0 Å². The van der Waals surface area contributed by atoms with Crippen molar-refractivity contribution in [3.05, 3.63) is 35.9 Å². The standard InChI is InChI=1S/C18H21NO7S/c1-11(20)13-9-17(25-4)18(26-5)10-14(13)19-27(21,22)12-6-7-15(23-2)16(8-12)24-3/h6-10,19H,1-5H3. The van der Waals surface area contributed by atoms with Crippen molar-refractivity contribution in [1.29, 1.82) is 0 Å². The number of methoxy groups -OCH3 is 4. The predicted molar refractivity (Wildman–Crippen MR) is 99.9 cm³/mol. The molecular weight excluding hydrogens is 374 g/mol. The molecule has 0 aromatic heterocycles. The van der Waals surface area contributed by atoms with Crippen molar-refractivity contribution in [2.45, 2.75) is 11.8 Å². The molecule has 2 rings (SSSR count). The summed E-state index contributed by atoms with van der Waals surface area (Å²) in [4.78, 5) is 11.9. The third kappa shape index (κ3) is 4.25. The first-order valence-corrected chi connectivity index (χ1v) is 9.27. The van der Waals surface area contributed by atoms with Crippen LogP contribution in [0, 0.1) is 0 Å². The summed E-state index contributed by atoms with van der Waals surface area (Å²) in [5.74, 6) is 0.928. The van der Waals surface area contributed by atoms with Gasteiger partial charge in [-0.25, -0.2) is 8.42 Å². The molecule has 0 bridgehead atoms. The van der Waals surface area contributed by atoms with E-state index in [2.05, 4.69) is 4.72 Å². The van der Waals surface area contributed by atoms with Crippen LogP contribution < -0.4 is 23.7 Å². The fourth-order valence-corrected chi connectivity index (χ4v) is 3.53. The molecule has 2 aromatic carbocycles. The number of anilines is 1. The van der Waals surface area contributed by atoms with Crippen LogP contribution in [-0.2, 0) is 10.0 Å². The van der Waals surface area contributed by atoms with E-state index in [0.29, 0.717) is 11.5 Å². The largest absolute Gasteiger partial charge is 0.493 e. The number of Topliss-reactive ketones (excluding diaryl/α,β-unsaturated/α-hetero) is 1. The number of ether oxygens (including phenoxy) is 4. The van der Waals surface area contributed by atoms with E-state index in [0.717, 1.165) is 0 Å². The lowest BCUT2D eigenvalue weighted by molar-refractivity contribution is 0.101. The molecule has 8 nitrogen and oxygen atoms in total. The highest BCUT2D eigenvalue weighted by Crippen LogP contribution is 2.35. The van der Waals surface area contributed by atoms with Gasteiger partial charge < -0.3 is 18.9 Å². The molecule has 0 aliphatic carbocycles. The summed E-state index contributed by atoms with van der Waals surface area (Å²) in [6.07, 6.45) is 0. The van der Waals surface area contributed by atoms with Crippen LogP contribution >= 0.6 is 0 Å². The second-order valence-corrected chi connectivity index (χ2v) is 7.11. The molecule has 0 amide bonds. The molecule has 0 unspecified atom stereocenters. The number of benzene rings is 2. The molecule has 0 aliphatic heterocycles. The second-order valence-electron chi connectivity index (χ2n) is 5.43. The Morgan fingerprint density at radius 2 is 1.33 bits per heavy atom. The zero-order valence-corrected chi connectivity index (χ0v) is 16.5. The number of rotatable bonds is 8. The molecule has 0 aliphatic rings. The van der Waals surface area contributed by atoms with Gasteiger partial charge in [-0.2, -0.15) is 0 Å². The Morgan fingerprint density at radius 3 is 1.85 bits per heavy atom. The Hall–Kier alpha value is -2.94. The molecule has 2 aromatic rings. The maximum Gasteiger partial charge on any atom is 0.262 e. The van der Waals surface area contributed by atoms with Gasteiger partial charge in [-0.3, -0.25) is 9.52 Å². The lowest BCUT2D eigenvalue weighted by Gasteiger charge is -2.16. The second kappa shape index (κ2) is 8.17. The van der Waals surface area contributed by atoms with Crippen LogP contribution in [0.4, 0.5) is 5.69 Å². The normalized spacial score (nSPS) is 10.9. The van der Waals surface area contributed by atoms with E-state index in [1.807, 2.05) is 0 Å². The lowest BCUT2D eigenvalue weighted by atomic mass is 10.1. The zero-order valence-electron chi connectivity index (χ0n) is 15.7. The van der Waals surface area contributed by atoms with Crippen molar-refractivity contribution in [2.24, 2.45) is 0 Å². The van der Waals surface area contributed by atoms with Crippen molar-refractivity contribution < 1.29 is 32.2 Å². The minimum Gasteiger partial charge on any atom is -0.493 e. The molecule has 0 saturated heterocycles. The van der Waals surface area contributed by atoms with E-state index in [1.54, 1.807) is 0 Å². The molecular formula is C18H21NO7S.